The highest BCUT2D eigenvalue weighted by atomic mass is 19.1. The monoisotopic (exact) mass is 388 g/mol. The summed E-state index contributed by atoms with van der Waals surface area (Å²) >= 11 is 0. The van der Waals surface area contributed by atoms with Crippen LogP contribution in [0.2, 0.25) is 0 Å². The van der Waals surface area contributed by atoms with Crippen LogP contribution in [0.3, 0.4) is 0 Å². The number of hydrogen-bond acceptors (Lipinski definition) is 5. The topological polar surface area (TPSA) is 108 Å². The SMILES string of the molecule is CCCC(NC(=O)NCc1ccc(F)cc1)C(=O)NCCNc1ncccn1. The van der Waals surface area contributed by atoms with Crippen LogP contribution >= 0.6 is 0 Å². The smallest absolute Gasteiger partial charge is 0.315 e. The Bertz CT molecular complexity index is 742. The van der Waals surface area contributed by atoms with Crippen molar-refractivity contribution >= 4 is 17.9 Å². The molecular formula is C19H25FN6O2. The second kappa shape index (κ2) is 11.5. The van der Waals surface area contributed by atoms with Crippen molar-refractivity contribution in [2.45, 2.75) is 32.4 Å². The van der Waals surface area contributed by atoms with E-state index in [4.69, 9.17) is 0 Å². The number of anilines is 1. The highest BCUT2D eigenvalue weighted by molar-refractivity contribution is 5.86. The lowest BCUT2D eigenvalue weighted by Gasteiger charge is -2.18. The van der Waals surface area contributed by atoms with Gasteiger partial charge in [-0.1, -0.05) is 25.5 Å². The molecule has 0 radical (unpaired) electrons. The molecule has 1 heterocycles. The van der Waals surface area contributed by atoms with Gasteiger partial charge in [0.05, 0.1) is 0 Å². The minimum Gasteiger partial charge on any atom is -0.353 e. The van der Waals surface area contributed by atoms with Crippen molar-refractivity contribution in [3.8, 4) is 0 Å². The summed E-state index contributed by atoms with van der Waals surface area (Å²) in [5.41, 5.74) is 0.766. The predicted octanol–water partition coefficient (Wildman–Crippen LogP) is 1.81. The van der Waals surface area contributed by atoms with Gasteiger partial charge in [-0.3, -0.25) is 4.79 Å². The van der Waals surface area contributed by atoms with Crippen LogP contribution in [0, 0.1) is 5.82 Å². The zero-order valence-electron chi connectivity index (χ0n) is 15.7. The highest BCUT2D eigenvalue weighted by Gasteiger charge is 2.19. The van der Waals surface area contributed by atoms with Crippen molar-refractivity contribution in [1.82, 2.24) is 25.9 Å². The Labute approximate surface area is 163 Å². The fourth-order valence-corrected chi connectivity index (χ4v) is 2.42. The third kappa shape index (κ3) is 7.56. The highest BCUT2D eigenvalue weighted by Crippen LogP contribution is 2.02. The molecule has 2 rings (SSSR count). The molecule has 0 aliphatic heterocycles. The molecule has 0 saturated heterocycles. The molecule has 3 amide bonds. The van der Waals surface area contributed by atoms with E-state index in [0.29, 0.717) is 25.5 Å². The molecule has 28 heavy (non-hydrogen) atoms. The minimum absolute atomic E-state index is 0.244. The second-order valence-corrected chi connectivity index (χ2v) is 6.08. The molecule has 1 aromatic carbocycles. The molecular weight excluding hydrogens is 363 g/mol. The summed E-state index contributed by atoms with van der Waals surface area (Å²) in [6.45, 7) is 3.02. The first-order valence-electron chi connectivity index (χ1n) is 9.16. The van der Waals surface area contributed by atoms with E-state index < -0.39 is 12.1 Å². The number of rotatable bonds is 10. The first-order chi connectivity index (χ1) is 13.6. The largest absolute Gasteiger partial charge is 0.353 e. The van der Waals surface area contributed by atoms with E-state index in [1.807, 2.05) is 6.92 Å². The Morgan fingerprint density at radius 2 is 1.79 bits per heavy atom. The van der Waals surface area contributed by atoms with Gasteiger partial charge in [0.1, 0.15) is 11.9 Å². The van der Waals surface area contributed by atoms with Crippen molar-refractivity contribution in [1.29, 1.82) is 0 Å². The zero-order valence-corrected chi connectivity index (χ0v) is 15.7. The van der Waals surface area contributed by atoms with E-state index in [0.717, 1.165) is 12.0 Å². The van der Waals surface area contributed by atoms with Crippen molar-refractivity contribution in [3.63, 3.8) is 0 Å². The summed E-state index contributed by atoms with van der Waals surface area (Å²) in [5.74, 6) is -0.101. The zero-order chi connectivity index (χ0) is 20.2. The Morgan fingerprint density at radius 3 is 2.46 bits per heavy atom. The van der Waals surface area contributed by atoms with Crippen LogP contribution in [0.25, 0.3) is 0 Å². The lowest BCUT2D eigenvalue weighted by molar-refractivity contribution is -0.123. The molecule has 4 N–H and O–H groups in total. The molecule has 150 valence electrons. The summed E-state index contributed by atoms with van der Waals surface area (Å²) in [7, 11) is 0. The summed E-state index contributed by atoms with van der Waals surface area (Å²) < 4.78 is 12.9. The molecule has 0 fully saturated rings. The van der Waals surface area contributed by atoms with Gasteiger partial charge in [0, 0.05) is 32.0 Å². The Balaban J connectivity index is 1.73. The fraction of sp³-hybridized carbons (Fsp3) is 0.368. The fourth-order valence-electron chi connectivity index (χ4n) is 2.42. The van der Waals surface area contributed by atoms with E-state index in [-0.39, 0.29) is 18.3 Å². The normalized spacial score (nSPS) is 11.4. The predicted molar refractivity (Wildman–Crippen MR) is 104 cm³/mol. The van der Waals surface area contributed by atoms with E-state index in [2.05, 4.69) is 31.2 Å². The molecule has 0 aliphatic carbocycles. The molecule has 0 spiro atoms. The number of amides is 3. The number of halogens is 1. The van der Waals surface area contributed by atoms with Crippen LogP contribution in [0.4, 0.5) is 15.1 Å². The van der Waals surface area contributed by atoms with Gasteiger partial charge < -0.3 is 21.3 Å². The summed E-state index contributed by atoms with van der Waals surface area (Å²) in [4.78, 5) is 32.5. The van der Waals surface area contributed by atoms with E-state index in [9.17, 15) is 14.0 Å². The molecule has 1 unspecified atom stereocenters. The van der Waals surface area contributed by atoms with Gasteiger partial charge in [0.25, 0.3) is 0 Å². The molecule has 0 bridgehead atoms. The third-order valence-electron chi connectivity index (χ3n) is 3.84. The van der Waals surface area contributed by atoms with Crippen molar-refractivity contribution < 1.29 is 14.0 Å². The van der Waals surface area contributed by atoms with Crippen LogP contribution < -0.4 is 21.3 Å². The lowest BCUT2D eigenvalue weighted by atomic mass is 10.1. The van der Waals surface area contributed by atoms with Gasteiger partial charge >= 0.3 is 6.03 Å². The molecule has 0 aliphatic rings. The Kier molecular flexibility index (Phi) is 8.64. The molecule has 2 aromatic rings. The average Bonchev–Trinajstić information content (AvgIpc) is 2.71. The van der Waals surface area contributed by atoms with E-state index >= 15 is 0 Å². The third-order valence-corrected chi connectivity index (χ3v) is 3.84. The quantitative estimate of drug-likeness (QED) is 0.464. The number of hydrogen-bond donors (Lipinski definition) is 4. The van der Waals surface area contributed by atoms with Crippen LogP contribution in [-0.4, -0.2) is 41.0 Å². The number of carbonyl (C=O) groups excluding carboxylic acids is 2. The summed E-state index contributed by atoms with van der Waals surface area (Å²) in [6, 6.07) is 6.48. The Hall–Kier alpha value is -3.23. The van der Waals surface area contributed by atoms with Crippen LogP contribution in [0.5, 0.6) is 0 Å². The number of urea groups is 1. The average molecular weight is 388 g/mol. The van der Waals surface area contributed by atoms with E-state index in [1.165, 1.54) is 12.1 Å². The van der Waals surface area contributed by atoms with Crippen molar-refractivity contribution in [2.75, 3.05) is 18.4 Å². The first-order valence-corrected chi connectivity index (χ1v) is 9.16. The van der Waals surface area contributed by atoms with Gasteiger partial charge in [-0.05, 0) is 30.2 Å². The van der Waals surface area contributed by atoms with Crippen molar-refractivity contribution in [3.05, 3.63) is 54.1 Å². The molecule has 1 aromatic heterocycles. The minimum atomic E-state index is -0.633. The van der Waals surface area contributed by atoms with Gasteiger partial charge in [-0.15, -0.1) is 0 Å². The number of nitrogens with zero attached hydrogens (tertiary/aromatic N) is 2. The van der Waals surface area contributed by atoms with Gasteiger partial charge in [0.15, 0.2) is 0 Å². The van der Waals surface area contributed by atoms with Crippen LogP contribution in [0.1, 0.15) is 25.3 Å². The standard InChI is InChI=1S/C19H25FN6O2/c1-2-4-16(17(27)21-11-12-24-18-22-9-3-10-23-18)26-19(28)25-13-14-5-7-15(20)8-6-14/h3,5-10,16H,2,4,11-13H2,1H3,(H,21,27)(H,22,23,24)(H2,25,26,28). The summed E-state index contributed by atoms with van der Waals surface area (Å²) in [6.07, 6.45) is 4.51. The maximum Gasteiger partial charge on any atom is 0.315 e. The molecule has 1 atom stereocenters. The maximum atomic E-state index is 12.9. The number of carbonyl (C=O) groups is 2. The van der Waals surface area contributed by atoms with E-state index in [1.54, 1.807) is 30.6 Å². The number of aromatic nitrogens is 2. The maximum absolute atomic E-state index is 12.9. The van der Waals surface area contributed by atoms with Crippen molar-refractivity contribution in [2.24, 2.45) is 0 Å². The first kappa shape index (κ1) is 21.1. The Morgan fingerprint density at radius 1 is 1.07 bits per heavy atom. The molecule has 8 nitrogen and oxygen atoms in total. The van der Waals surface area contributed by atoms with Crippen LogP contribution in [-0.2, 0) is 11.3 Å². The molecule has 9 heteroatoms. The van der Waals surface area contributed by atoms with Crippen LogP contribution in [0.15, 0.2) is 42.7 Å². The van der Waals surface area contributed by atoms with Gasteiger partial charge in [-0.25, -0.2) is 19.2 Å². The summed E-state index contributed by atoms with van der Waals surface area (Å²) in [5, 5.41) is 11.1. The number of nitrogens with one attached hydrogen (secondary N) is 4. The number of benzene rings is 1. The molecule has 0 saturated carbocycles. The second-order valence-electron chi connectivity index (χ2n) is 6.08. The lowest BCUT2D eigenvalue weighted by Crippen LogP contribution is -2.50. The van der Waals surface area contributed by atoms with Gasteiger partial charge in [-0.2, -0.15) is 0 Å². The van der Waals surface area contributed by atoms with Gasteiger partial charge in [0.2, 0.25) is 11.9 Å².